The fourth-order valence-electron chi connectivity index (χ4n) is 1.54. The molecule has 0 N–H and O–H groups in total. The molecule has 0 saturated heterocycles. The van der Waals surface area contributed by atoms with Gasteiger partial charge in [0.05, 0.1) is 5.69 Å². The first-order valence-electron chi connectivity index (χ1n) is 5.08. The van der Waals surface area contributed by atoms with E-state index in [1.54, 1.807) is 13.1 Å². The van der Waals surface area contributed by atoms with Crippen molar-refractivity contribution in [2.24, 2.45) is 0 Å². The van der Waals surface area contributed by atoms with Gasteiger partial charge in [-0.2, -0.15) is 10.2 Å². The van der Waals surface area contributed by atoms with Crippen molar-refractivity contribution in [3.05, 3.63) is 47.7 Å². The van der Waals surface area contributed by atoms with Crippen molar-refractivity contribution < 1.29 is 4.79 Å². The van der Waals surface area contributed by atoms with Gasteiger partial charge in [0.2, 0.25) is 0 Å². The van der Waals surface area contributed by atoms with E-state index >= 15 is 0 Å². The van der Waals surface area contributed by atoms with Crippen LogP contribution in [0.4, 0.5) is 0 Å². The van der Waals surface area contributed by atoms with Crippen LogP contribution in [0.1, 0.15) is 22.8 Å². The lowest BCUT2D eigenvalue weighted by Gasteiger charge is -2.03. The topological polar surface area (TPSA) is 42.9 Å². The zero-order valence-corrected chi connectivity index (χ0v) is 9.27. The number of aromatic nitrogens is 2. The zero-order chi connectivity index (χ0) is 11.5. The van der Waals surface area contributed by atoms with Crippen molar-refractivity contribution in [1.82, 2.24) is 10.2 Å². The average Bonchev–Trinajstić information content (AvgIpc) is 2.30. The highest BCUT2D eigenvalue weighted by Gasteiger charge is 2.04. The van der Waals surface area contributed by atoms with Crippen molar-refractivity contribution in [1.29, 1.82) is 0 Å². The molecule has 1 aromatic carbocycles. The molecule has 0 aliphatic heterocycles. The molecule has 0 amide bonds. The molecule has 0 bridgehead atoms. The van der Waals surface area contributed by atoms with Gasteiger partial charge in [0.1, 0.15) is 0 Å². The summed E-state index contributed by atoms with van der Waals surface area (Å²) >= 11 is 0. The summed E-state index contributed by atoms with van der Waals surface area (Å²) < 4.78 is 0. The normalized spacial score (nSPS) is 10.1. The molecule has 16 heavy (non-hydrogen) atoms. The summed E-state index contributed by atoms with van der Waals surface area (Å²) in [5.74, 6) is 0.0717. The second kappa shape index (κ2) is 4.23. The first-order chi connectivity index (χ1) is 7.68. The Morgan fingerprint density at radius 2 is 1.81 bits per heavy atom. The van der Waals surface area contributed by atoms with Gasteiger partial charge in [0.15, 0.2) is 5.78 Å². The second-order valence-corrected chi connectivity index (χ2v) is 3.70. The lowest BCUT2D eigenvalue weighted by molar-refractivity contribution is 0.101. The average molecular weight is 212 g/mol. The van der Waals surface area contributed by atoms with Crippen LogP contribution in [-0.2, 0) is 0 Å². The highest BCUT2D eigenvalue weighted by molar-refractivity contribution is 5.94. The van der Waals surface area contributed by atoms with E-state index in [0.717, 1.165) is 16.8 Å². The minimum Gasteiger partial charge on any atom is -0.295 e. The van der Waals surface area contributed by atoms with Gasteiger partial charge in [-0.05, 0) is 25.5 Å². The number of benzene rings is 1. The van der Waals surface area contributed by atoms with Gasteiger partial charge in [0.25, 0.3) is 0 Å². The highest BCUT2D eigenvalue weighted by atomic mass is 16.1. The van der Waals surface area contributed by atoms with E-state index in [2.05, 4.69) is 10.2 Å². The summed E-state index contributed by atoms with van der Waals surface area (Å²) in [6, 6.07) is 9.33. The third-order valence-electron chi connectivity index (χ3n) is 2.49. The Balaban J connectivity index is 2.43. The number of nitrogens with zero attached hydrogens (tertiary/aromatic N) is 2. The standard InChI is InChI=1S/C13H12N2O/c1-9-7-8-14-15-13(9)12-5-3-11(4-6-12)10(2)16/h3-8H,1-2H3. The maximum atomic E-state index is 11.1. The molecule has 80 valence electrons. The monoisotopic (exact) mass is 212 g/mol. The maximum Gasteiger partial charge on any atom is 0.159 e. The molecule has 0 saturated carbocycles. The van der Waals surface area contributed by atoms with E-state index < -0.39 is 0 Å². The number of ketones is 1. The molecule has 0 unspecified atom stereocenters. The van der Waals surface area contributed by atoms with Gasteiger partial charge in [-0.25, -0.2) is 0 Å². The SMILES string of the molecule is CC(=O)c1ccc(-c2nnccc2C)cc1. The van der Waals surface area contributed by atoms with E-state index in [1.807, 2.05) is 37.3 Å². The number of hydrogen-bond donors (Lipinski definition) is 0. The Morgan fingerprint density at radius 1 is 1.12 bits per heavy atom. The van der Waals surface area contributed by atoms with Crippen LogP contribution >= 0.6 is 0 Å². The lowest BCUT2D eigenvalue weighted by atomic mass is 10.0. The zero-order valence-electron chi connectivity index (χ0n) is 9.27. The molecule has 1 aromatic heterocycles. The van der Waals surface area contributed by atoms with Crippen LogP contribution in [0.5, 0.6) is 0 Å². The van der Waals surface area contributed by atoms with Crippen LogP contribution in [-0.4, -0.2) is 16.0 Å². The summed E-state index contributed by atoms with van der Waals surface area (Å²) in [7, 11) is 0. The number of aryl methyl sites for hydroxylation is 1. The third kappa shape index (κ3) is 1.98. The van der Waals surface area contributed by atoms with Crippen LogP contribution in [0.3, 0.4) is 0 Å². The van der Waals surface area contributed by atoms with E-state index in [9.17, 15) is 4.79 Å². The van der Waals surface area contributed by atoms with Gasteiger partial charge in [0, 0.05) is 17.3 Å². The van der Waals surface area contributed by atoms with E-state index in [4.69, 9.17) is 0 Å². The number of Topliss-reactive ketones (excluding diaryl/α,β-unsaturated/α-hetero) is 1. The van der Waals surface area contributed by atoms with Crippen molar-refractivity contribution in [2.75, 3.05) is 0 Å². The van der Waals surface area contributed by atoms with Crippen LogP contribution in [0.2, 0.25) is 0 Å². The number of carbonyl (C=O) groups excluding carboxylic acids is 1. The summed E-state index contributed by atoms with van der Waals surface area (Å²) in [4.78, 5) is 11.1. The van der Waals surface area contributed by atoms with Gasteiger partial charge < -0.3 is 0 Å². The molecular weight excluding hydrogens is 200 g/mol. The first-order valence-corrected chi connectivity index (χ1v) is 5.08. The molecule has 0 radical (unpaired) electrons. The van der Waals surface area contributed by atoms with Crippen molar-refractivity contribution in [3.63, 3.8) is 0 Å². The van der Waals surface area contributed by atoms with Crippen LogP contribution in [0.15, 0.2) is 36.5 Å². The molecule has 2 aromatic rings. The second-order valence-electron chi connectivity index (χ2n) is 3.70. The van der Waals surface area contributed by atoms with E-state index in [-0.39, 0.29) is 5.78 Å². The number of hydrogen-bond acceptors (Lipinski definition) is 3. The smallest absolute Gasteiger partial charge is 0.159 e. The quantitative estimate of drug-likeness (QED) is 0.719. The first kappa shape index (κ1) is 10.5. The van der Waals surface area contributed by atoms with Crippen LogP contribution < -0.4 is 0 Å². The van der Waals surface area contributed by atoms with E-state index in [0.29, 0.717) is 5.56 Å². The van der Waals surface area contributed by atoms with Crippen LogP contribution in [0.25, 0.3) is 11.3 Å². The summed E-state index contributed by atoms with van der Waals surface area (Å²) in [5, 5.41) is 7.95. The van der Waals surface area contributed by atoms with E-state index in [1.165, 1.54) is 0 Å². The lowest BCUT2D eigenvalue weighted by Crippen LogP contribution is -1.93. The molecule has 0 fully saturated rings. The van der Waals surface area contributed by atoms with Crippen molar-refractivity contribution in [2.45, 2.75) is 13.8 Å². The largest absolute Gasteiger partial charge is 0.295 e. The Bertz CT molecular complexity index is 518. The Kier molecular flexibility index (Phi) is 2.77. The molecule has 0 spiro atoms. The van der Waals surface area contributed by atoms with Crippen LogP contribution in [0, 0.1) is 6.92 Å². The summed E-state index contributed by atoms with van der Waals surface area (Å²) in [6.45, 7) is 3.55. The molecule has 0 aliphatic carbocycles. The Labute approximate surface area is 94.2 Å². The summed E-state index contributed by atoms with van der Waals surface area (Å²) in [6.07, 6.45) is 1.67. The number of rotatable bonds is 2. The molecule has 0 atom stereocenters. The fourth-order valence-corrected chi connectivity index (χ4v) is 1.54. The molecule has 2 rings (SSSR count). The molecule has 3 nitrogen and oxygen atoms in total. The van der Waals surface area contributed by atoms with Gasteiger partial charge in [-0.15, -0.1) is 0 Å². The minimum atomic E-state index is 0.0717. The molecular formula is C13H12N2O. The summed E-state index contributed by atoms with van der Waals surface area (Å²) in [5.41, 5.74) is 3.63. The maximum absolute atomic E-state index is 11.1. The van der Waals surface area contributed by atoms with Gasteiger partial charge in [-0.3, -0.25) is 4.79 Å². The van der Waals surface area contributed by atoms with Crippen molar-refractivity contribution in [3.8, 4) is 11.3 Å². The predicted molar refractivity (Wildman–Crippen MR) is 62.2 cm³/mol. The minimum absolute atomic E-state index is 0.0717. The van der Waals surface area contributed by atoms with Crippen molar-refractivity contribution >= 4 is 5.78 Å². The van der Waals surface area contributed by atoms with Gasteiger partial charge >= 0.3 is 0 Å². The predicted octanol–water partition coefficient (Wildman–Crippen LogP) is 2.65. The van der Waals surface area contributed by atoms with Gasteiger partial charge in [-0.1, -0.05) is 24.3 Å². The molecule has 0 aliphatic rings. The third-order valence-corrected chi connectivity index (χ3v) is 2.49. The molecule has 1 heterocycles. The Morgan fingerprint density at radius 3 is 2.38 bits per heavy atom. The fraction of sp³-hybridized carbons (Fsp3) is 0.154. The number of carbonyl (C=O) groups is 1. The highest BCUT2D eigenvalue weighted by Crippen LogP contribution is 2.20. The molecule has 3 heteroatoms. The Hall–Kier alpha value is -2.03.